The molecular formula is C8H11FN2O. The first-order valence-electron chi connectivity index (χ1n) is 3.79. The lowest BCUT2D eigenvalue weighted by Crippen LogP contribution is -2.06. The first-order valence-corrected chi connectivity index (χ1v) is 3.79. The van der Waals surface area contributed by atoms with Crippen LogP contribution in [0.1, 0.15) is 13.8 Å². The van der Waals surface area contributed by atoms with Crippen molar-refractivity contribution in [3.05, 3.63) is 18.2 Å². The van der Waals surface area contributed by atoms with Crippen LogP contribution in [0.15, 0.2) is 12.4 Å². The van der Waals surface area contributed by atoms with Crippen molar-refractivity contribution < 1.29 is 9.13 Å². The average Bonchev–Trinajstić information content (AvgIpc) is 2.03. The molecule has 0 radical (unpaired) electrons. The molecule has 0 bridgehead atoms. The van der Waals surface area contributed by atoms with Gasteiger partial charge in [-0.3, -0.25) is 0 Å². The lowest BCUT2D eigenvalue weighted by molar-refractivity contribution is 0.250. The zero-order chi connectivity index (χ0) is 8.97. The molecule has 1 aromatic heterocycles. The fourth-order valence-electron chi connectivity index (χ4n) is 0.616. The van der Waals surface area contributed by atoms with Crippen molar-refractivity contribution in [2.45, 2.75) is 13.8 Å². The Hall–Kier alpha value is -1.19. The molecule has 12 heavy (non-hydrogen) atoms. The topological polar surface area (TPSA) is 35.0 Å². The van der Waals surface area contributed by atoms with E-state index in [0.717, 1.165) is 12.4 Å². The summed E-state index contributed by atoms with van der Waals surface area (Å²) in [5.74, 6) is -0.0365. The molecule has 66 valence electrons. The van der Waals surface area contributed by atoms with E-state index in [-0.39, 0.29) is 6.01 Å². The molecule has 1 heterocycles. The maximum atomic E-state index is 12.3. The third-order valence-corrected chi connectivity index (χ3v) is 1.14. The van der Waals surface area contributed by atoms with Crippen LogP contribution in [0, 0.1) is 11.7 Å². The van der Waals surface area contributed by atoms with Crippen molar-refractivity contribution in [2.24, 2.45) is 5.92 Å². The molecule has 1 aromatic rings. The van der Waals surface area contributed by atoms with Crippen molar-refractivity contribution in [2.75, 3.05) is 6.61 Å². The van der Waals surface area contributed by atoms with Crippen LogP contribution in [0.2, 0.25) is 0 Å². The Bertz CT molecular complexity index is 235. The summed E-state index contributed by atoms with van der Waals surface area (Å²) in [5.41, 5.74) is 0. The van der Waals surface area contributed by atoms with Crippen LogP contribution in [-0.2, 0) is 0 Å². The summed E-state index contributed by atoms with van der Waals surface area (Å²) in [6.45, 7) is 4.58. The first kappa shape index (κ1) is 8.90. The second kappa shape index (κ2) is 3.99. The van der Waals surface area contributed by atoms with Gasteiger partial charge in [0, 0.05) is 0 Å². The fraction of sp³-hybridized carbons (Fsp3) is 0.500. The van der Waals surface area contributed by atoms with E-state index in [9.17, 15) is 4.39 Å². The summed E-state index contributed by atoms with van der Waals surface area (Å²) >= 11 is 0. The molecule has 0 fully saturated rings. The van der Waals surface area contributed by atoms with Crippen LogP contribution >= 0.6 is 0 Å². The smallest absolute Gasteiger partial charge is 0.316 e. The Balaban J connectivity index is 2.48. The number of nitrogens with zero attached hydrogens (tertiary/aromatic N) is 2. The number of hydrogen-bond donors (Lipinski definition) is 0. The third-order valence-electron chi connectivity index (χ3n) is 1.14. The molecule has 0 saturated heterocycles. The second-order valence-corrected chi connectivity index (χ2v) is 2.89. The molecule has 0 spiro atoms. The highest BCUT2D eigenvalue weighted by atomic mass is 19.1. The van der Waals surface area contributed by atoms with Gasteiger partial charge in [0.05, 0.1) is 19.0 Å². The van der Waals surface area contributed by atoms with Crippen molar-refractivity contribution >= 4 is 0 Å². The van der Waals surface area contributed by atoms with E-state index in [1.165, 1.54) is 0 Å². The molecule has 0 aromatic carbocycles. The second-order valence-electron chi connectivity index (χ2n) is 2.89. The molecule has 0 unspecified atom stereocenters. The lowest BCUT2D eigenvalue weighted by atomic mass is 10.2. The molecule has 3 nitrogen and oxygen atoms in total. The lowest BCUT2D eigenvalue weighted by Gasteiger charge is -2.05. The summed E-state index contributed by atoms with van der Waals surface area (Å²) in [5, 5.41) is 0. The van der Waals surface area contributed by atoms with Gasteiger partial charge in [0.15, 0.2) is 5.82 Å². The number of hydrogen-bond acceptors (Lipinski definition) is 3. The molecule has 0 aliphatic heterocycles. The van der Waals surface area contributed by atoms with Crippen molar-refractivity contribution in [1.82, 2.24) is 9.97 Å². The summed E-state index contributed by atoms with van der Waals surface area (Å²) in [6.07, 6.45) is 2.17. The highest BCUT2D eigenvalue weighted by Crippen LogP contribution is 2.02. The SMILES string of the molecule is CC(C)COc1ncc(F)cn1. The normalized spacial score (nSPS) is 10.3. The zero-order valence-corrected chi connectivity index (χ0v) is 7.12. The summed E-state index contributed by atoms with van der Waals surface area (Å²) in [4.78, 5) is 7.28. The third kappa shape index (κ3) is 2.82. The van der Waals surface area contributed by atoms with Crippen LogP contribution in [0.25, 0.3) is 0 Å². The Labute approximate surface area is 70.6 Å². The zero-order valence-electron chi connectivity index (χ0n) is 7.12. The highest BCUT2D eigenvalue weighted by Gasteiger charge is 1.99. The van der Waals surface area contributed by atoms with Crippen LogP contribution in [-0.4, -0.2) is 16.6 Å². The van der Waals surface area contributed by atoms with E-state index in [1.54, 1.807) is 0 Å². The molecule has 1 rings (SSSR count). The molecule has 0 amide bonds. The number of ether oxygens (including phenoxy) is 1. The van der Waals surface area contributed by atoms with Crippen LogP contribution in [0.3, 0.4) is 0 Å². The van der Waals surface area contributed by atoms with Gasteiger partial charge < -0.3 is 4.74 Å². The summed E-state index contributed by atoms with van der Waals surface area (Å²) < 4.78 is 17.4. The standard InChI is InChI=1S/C8H11FN2O/c1-6(2)5-12-8-10-3-7(9)4-11-8/h3-4,6H,5H2,1-2H3. The Morgan fingerprint density at radius 3 is 2.50 bits per heavy atom. The molecule has 0 aliphatic carbocycles. The minimum Gasteiger partial charge on any atom is -0.463 e. The van der Waals surface area contributed by atoms with Gasteiger partial charge in [0.1, 0.15) is 0 Å². The minimum atomic E-state index is -0.452. The number of rotatable bonds is 3. The van der Waals surface area contributed by atoms with E-state index in [4.69, 9.17) is 4.74 Å². The Kier molecular flexibility index (Phi) is 2.96. The van der Waals surface area contributed by atoms with E-state index in [1.807, 2.05) is 13.8 Å². The largest absolute Gasteiger partial charge is 0.463 e. The van der Waals surface area contributed by atoms with Crippen LogP contribution in [0.4, 0.5) is 4.39 Å². The predicted octanol–water partition coefficient (Wildman–Crippen LogP) is 1.65. The molecule has 4 heteroatoms. The Morgan fingerprint density at radius 2 is 2.00 bits per heavy atom. The average molecular weight is 170 g/mol. The quantitative estimate of drug-likeness (QED) is 0.691. The van der Waals surface area contributed by atoms with Crippen LogP contribution in [0.5, 0.6) is 6.01 Å². The predicted molar refractivity (Wildman–Crippen MR) is 42.3 cm³/mol. The Morgan fingerprint density at radius 1 is 1.42 bits per heavy atom. The van der Waals surface area contributed by atoms with Gasteiger partial charge in [-0.2, -0.15) is 0 Å². The number of halogens is 1. The van der Waals surface area contributed by atoms with E-state index >= 15 is 0 Å². The van der Waals surface area contributed by atoms with Gasteiger partial charge in [0.2, 0.25) is 0 Å². The van der Waals surface area contributed by atoms with Gasteiger partial charge in [-0.15, -0.1) is 0 Å². The van der Waals surface area contributed by atoms with Crippen molar-refractivity contribution in [3.8, 4) is 6.01 Å². The molecular weight excluding hydrogens is 159 g/mol. The van der Waals surface area contributed by atoms with E-state index < -0.39 is 5.82 Å². The van der Waals surface area contributed by atoms with E-state index in [2.05, 4.69) is 9.97 Å². The van der Waals surface area contributed by atoms with Gasteiger partial charge >= 0.3 is 6.01 Å². The number of aromatic nitrogens is 2. The van der Waals surface area contributed by atoms with Gasteiger partial charge in [-0.1, -0.05) is 13.8 Å². The maximum absolute atomic E-state index is 12.3. The minimum absolute atomic E-state index is 0.227. The molecule has 0 N–H and O–H groups in total. The first-order chi connectivity index (χ1) is 5.68. The fourth-order valence-corrected chi connectivity index (χ4v) is 0.616. The van der Waals surface area contributed by atoms with Gasteiger partial charge in [0.25, 0.3) is 0 Å². The molecule has 0 atom stereocenters. The monoisotopic (exact) mass is 170 g/mol. The maximum Gasteiger partial charge on any atom is 0.316 e. The molecule has 0 aliphatic rings. The highest BCUT2D eigenvalue weighted by molar-refractivity contribution is 4.95. The van der Waals surface area contributed by atoms with Crippen molar-refractivity contribution in [3.63, 3.8) is 0 Å². The van der Waals surface area contributed by atoms with Crippen LogP contribution < -0.4 is 4.74 Å². The van der Waals surface area contributed by atoms with Crippen molar-refractivity contribution in [1.29, 1.82) is 0 Å². The molecule has 0 saturated carbocycles. The summed E-state index contributed by atoms with van der Waals surface area (Å²) in [6, 6.07) is 0.227. The van der Waals surface area contributed by atoms with Gasteiger partial charge in [-0.25, -0.2) is 14.4 Å². The van der Waals surface area contributed by atoms with Gasteiger partial charge in [-0.05, 0) is 5.92 Å². The van der Waals surface area contributed by atoms with E-state index in [0.29, 0.717) is 12.5 Å². The summed E-state index contributed by atoms with van der Waals surface area (Å²) in [7, 11) is 0.